The molecule has 0 aromatic heterocycles. The summed E-state index contributed by atoms with van der Waals surface area (Å²) in [6.07, 6.45) is 3.48. The van der Waals surface area contributed by atoms with Crippen molar-refractivity contribution in [2.75, 3.05) is 13.2 Å². The third-order valence-corrected chi connectivity index (χ3v) is 7.99. The highest BCUT2D eigenvalue weighted by Crippen LogP contribution is 2.46. The van der Waals surface area contributed by atoms with Crippen LogP contribution < -0.4 is 0 Å². The van der Waals surface area contributed by atoms with E-state index in [1.807, 2.05) is 0 Å². The van der Waals surface area contributed by atoms with Gasteiger partial charge in [0.1, 0.15) is 11.5 Å². The molecule has 42 heavy (non-hydrogen) atoms. The minimum absolute atomic E-state index is 0.145. The van der Waals surface area contributed by atoms with E-state index in [0.29, 0.717) is 18.1 Å². The molecular formula is C37H58O5. The first kappa shape index (κ1) is 35.7. The molecule has 0 unspecified atom stereocenters. The standard InChI is InChI=1S/C37H58O5/c1-34(2,3)27-19-24(20-28(32(27)40)35(4,5)6)26(23-31(39)42-18-16-14-13-15-17-38)25-21-29(36(7,8)9)33(41)30(22-25)37(10,11)12/h19-22,26,38,40-41H,13-18,23H2,1-12H3. The van der Waals surface area contributed by atoms with E-state index < -0.39 is 0 Å². The smallest absolute Gasteiger partial charge is 0.306 e. The van der Waals surface area contributed by atoms with Crippen molar-refractivity contribution < 1.29 is 24.9 Å². The van der Waals surface area contributed by atoms with Crippen LogP contribution in [0.4, 0.5) is 0 Å². The van der Waals surface area contributed by atoms with E-state index in [9.17, 15) is 15.0 Å². The minimum Gasteiger partial charge on any atom is -0.507 e. The molecule has 0 aliphatic carbocycles. The highest BCUT2D eigenvalue weighted by Gasteiger charge is 2.32. The fourth-order valence-electron chi connectivity index (χ4n) is 5.41. The van der Waals surface area contributed by atoms with Gasteiger partial charge in [-0.3, -0.25) is 4.79 Å². The van der Waals surface area contributed by atoms with Crippen molar-refractivity contribution in [2.45, 2.75) is 143 Å². The van der Waals surface area contributed by atoms with Crippen LogP contribution in [0.1, 0.15) is 154 Å². The van der Waals surface area contributed by atoms with Crippen molar-refractivity contribution in [3.8, 4) is 11.5 Å². The van der Waals surface area contributed by atoms with Gasteiger partial charge in [-0.2, -0.15) is 0 Å². The molecule has 2 aromatic rings. The summed E-state index contributed by atoms with van der Waals surface area (Å²) in [5.41, 5.74) is 4.01. The van der Waals surface area contributed by atoms with E-state index in [4.69, 9.17) is 9.84 Å². The van der Waals surface area contributed by atoms with Gasteiger partial charge in [0.15, 0.2) is 0 Å². The quantitative estimate of drug-likeness (QED) is 0.192. The zero-order chi connectivity index (χ0) is 32.3. The molecule has 0 bridgehead atoms. The van der Waals surface area contributed by atoms with Crippen LogP contribution in [0.15, 0.2) is 24.3 Å². The Balaban J connectivity index is 2.79. The monoisotopic (exact) mass is 582 g/mol. The van der Waals surface area contributed by atoms with E-state index in [1.54, 1.807) is 0 Å². The molecule has 0 aliphatic heterocycles. The fourth-order valence-corrected chi connectivity index (χ4v) is 5.41. The number of esters is 1. The number of aliphatic hydroxyl groups excluding tert-OH is 1. The molecule has 5 heteroatoms. The van der Waals surface area contributed by atoms with Crippen LogP contribution in [0.2, 0.25) is 0 Å². The van der Waals surface area contributed by atoms with Crippen LogP contribution in [0, 0.1) is 0 Å². The lowest BCUT2D eigenvalue weighted by Gasteiger charge is -2.32. The predicted molar refractivity (Wildman–Crippen MR) is 174 cm³/mol. The van der Waals surface area contributed by atoms with E-state index in [2.05, 4.69) is 107 Å². The second-order valence-corrected chi connectivity index (χ2v) is 16.0. The molecule has 5 nitrogen and oxygen atoms in total. The lowest BCUT2D eigenvalue weighted by atomic mass is 9.73. The zero-order valence-corrected chi connectivity index (χ0v) is 28.5. The molecule has 3 N–H and O–H groups in total. The molecule has 0 heterocycles. The molecular weight excluding hydrogens is 524 g/mol. The Bertz CT molecular complexity index is 1060. The Kier molecular flexibility index (Phi) is 11.4. The van der Waals surface area contributed by atoms with Crippen LogP contribution in [0.3, 0.4) is 0 Å². The molecule has 0 radical (unpaired) electrons. The third-order valence-electron chi connectivity index (χ3n) is 7.99. The number of hydrogen-bond donors (Lipinski definition) is 3. The lowest BCUT2D eigenvalue weighted by molar-refractivity contribution is -0.144. The first-order valence-electron chi connectivity index (χ1n) is 15.6. The number of benzene rings is 2. The van der Waals surface area contributed by atoms with Crippen molar-refractivity contribution >= 4 is 5.97 Å². The second-order valence-electron chi connectivity index (χ2n) is 16.0. The molecule has 0 spiro atoms. The maximum Gasteiger partial charge on any atom is 0.306 e. The van der Waals surface area contributed by atoms with Gasteiger partial charge in [-0.25, -0.2) is 0 Å². The Labute approximate surface area is 255 Å². The number of aromatic hydroxyl groups is 2. The van der Waals surface area contributed by atoms with E-state index in [-0.39, 0.29) is 46.6 Å². The highest BCUT2D eigenvalue weighted by molar-refractivity contribution is 5.72. The zero-order valence-electron chi connectivity index (χ0n) is 28.5. The minimum atomic E-state index is -0.336. The van der Waals surface area contributed by atoms with Crippen molar-refractivity contribution in [3.63, 3.8) is 0 Å². The predicted octanol–water partition coefficient (Wildman–Crippen LogP) is 8.91. The van der Waals surface area contributed by atoms with Crippen molar-refractivity contribution in [2.24, 2.45) is 0 Å². The number of ether oxygens (including phenoxy) is 1. The summed E-state index contributed by atoms with van der Waals surface area (Å²) < 4.78 is 5.73. The molecule has 0 fully saturated rings. The number of phenols is 2. The summed E-state index contributed by atoms with van der Waals surface area (Å²) in [6, 6.07) is 8.21. The lowest BCUT2D eigenvalue weighted by Crippen LogP contribution is -2.21. The topological polar surface area (TPSA) is 87.0 Å². The van der Waals surface area contributed by atoms with Crippen molar-refractivity contribution in [1.82, 2.24) is 0 Å². The molecule has 0 aliphatic rings. The van der Waals surface area contributed by atoms with Gasteiger partial charge in [0, 0.05) is 12.5 Å². The second kappa shape index (κ2) is 13.4. The molecule has 0 saturated carbocycles. The van der Waals surface area contributed by atoms with Gasteiger partial charge in [-0.05, 0) is 74.3 Å². The number of rotatable bonds is 10. The van der Waals surface area contributed by atoms with Crippen molar-refractivity contribution in [1.29, 1.82) is 0 Å². The Morgan fingerprint density at radius 3 is 1.26 bits per heavy atom. The molecule has 0 atom stereocenters. The Morgan fingerprint density at radius 1 is 0.619 bits per heavy atom. The number of unbranched alkanes of at least 4 members (excludes halogenated alkanes) is 3. The SMILES string of the molecule is CC(C)(C)c1cc(C(CC(=O)OCCCCCCO)c2cc(C(C)(C)C)c(O)c(C(C)(C)C)c2)cc(C(C)(C)C)c1O. The van der Waals surface area contributed by atoms with Crippen LogP contribution >= 0.6 is 0 Å². The van der Waals surface area contributed by atoms with Gasteiger partial charge in [0.05, 0.1) is 13.0 Å². The summed E-state index contributed by atoms with van der Waals surface area (Å²) in [7, 11) is 0. The van der Waals surface area contributed by atoms with Gasteiger partial charge in [0.25, 0.3) is 0 Å². The summed E-state index contributed by atoms with van der Waals surface area (Å²) in [6.45, 7) is 25.6. The Hall–Kier alpha value is -2.53. The number of aliphatic hydroxyl groups is 1. The van der Waals surface area contributed by atoms with Gasteiger partial charge in [-0.1, -0.05) is 114 Å². The maximum atomic E-state index is 13.4. The fraction of sp³-hybridized carbons (Fsp3) is 0.649. The molecule has 0 amide bonds. The summed E-state index contributed by atoms with van der Waals surface area (Å²) in [5, 5.41) is 31.9. The Morgan fingerprint density at radius 2 is 0.952 bits per heavy atom. The summed E-state index contributed by atoms with van der Waals surface area (Å²) in [4.78, 5) is 13.4. The van der Waals surface area contributed by atoms with Crippen LogP contribution in [0.25, 0.3) is 0 Å². The van der Waals surface area contributed by atoms with Crippen LogP contribution in [-0.4, -0.2) is 34.5 Å². The number of hydrogen-bond acceptors (Lipinski definition) is 5. The van der Waals surface area contributed by atoms with E-state index in [0.717, 1.165) is 59.1 Å². The molecule has 236 valence electrons. The highest BCUT2D eigenvalue weighted by atomic mass is 16.5. The normalized spacial score (nSPS) is 13.1. The number of phenolic OH excluding ortho intramolecular Hbond substituents is 2. The van der Waals surface area contributed by atoms with Gasteiger partial charge >= 0.3 is 5.97 Å². The van der Waals surface area contributed by atoms with Crippen molar-refractivity contribution in [3.05, 3.63) is 57.6 Å². The van der Waals surface area contributed by atoms with Crippen LogP contribution in [0.5, 0.6) is 11.5 Å². The van der Waals surface area contributed by atoms with Gasteiger partial charge in [-0.15, -0.1) is 0 Å². The van der Waals surface area contributed by atoms with Gasteiger partial charge in [0.2, 0.25) is 0 Å². The van der Waals surface area contributed by atoms with E-state index in [1.165, 1.54) is 0 Å². The molecule has 0 saturated heterocycles. The molecule has 2 aromatic carbocycles. The average molecular weight is 583 g/mol. The van der Waals surface area contributed by atoms with Crippen LogP contribution in [-0.2, 0) is 31.2 Å². The summed E-state index contributed by atoms with van der Waals surface area (Å²) >= 11 is 0. The maximum absolute atomic E-state index is 13.4. The number of carbonyl (C=O) groups excluding carboxylic acids is 1. The first-order valence-corrected chi connectivity index (χ1v) is 15.6. The van der Waals surface area contributed by atoms with E-state index >= 15 is 0 Å². The van der Waals surface area contributed by atoms with Gasteiger partial charge < -0.3 is 20.1 Å². The third kappa shape index (κ3) is 9.23. The number of carbonyl (C=O) groups is 1. The first-order chi connectivity index (χ1) is 19.1. The largest absolute Gasteiger partial charge is 0.507 e. The summed E-state index contributed by atoms with van der Waals surface area (Å²) in [5.74, 6) is 0.00359. The molecule has 2 rings (SSSR count). The average Bonchev–Trinajstić information content (AvgIpc) is 2.82.